The lowest BCUT2D eigenvalue weighted by atomic mass is 10.1. The summed E-state index contributed by atoms with van der Waals surface area (Å²) in [4.78, 5) is 3.96. The smallest absolute Gasteiger partial charge is 0.144 e. The van der Waals surface area contributed by atoms with E-state index in [9.17, 15) is 4.39 Å². The molecule has 1 nitrogen and oxygen atoms in total. The van der Waals surface area contributed by atoms with E-state index in [-0.39, 0.29) is 5.82 Å². The van der Waals surface area contributed by atoms with Crippen molar-refractivity contribution < 1.29 is 4.39 Å². The lowest BCUT2D eigenvalue weighted by molar-refractivity contribution is 0.607. The van der Waals surface area contributed by atoms with Gasteiger partial charge in [0.05, 0.1) is 6.20 Å². The number of nitrogens with zero attached hydrogens (tertiary/aromatic N) is 1. The SMILES string of the molecule is Cc1cc(C(C)C)ncc1F. The zero-order chi connectivity index (χ0) is 8.43. The van der Waals surface area contributed by atoms with Crippen molar-refractivity contribution in [2.75, 3.05) is 0 Å². The Hall–Kier alpha value is -0.920. The van der Waals surface area contributed by atoms with Gasteiger partial charge in [-0.2, -0.15) is 0 Å². The highest BCUT2D eigenvalue weighted by atomic mass is 19.1. The molecule has 0 saturated heterocycles. The zero-order valence-corrected chi connectivity index (χ0v) is 7.06. The van der Waals surface area contributed by atoms with Crippen molar-refractivity contribution in [2.24, 2.45) is 0 Å². The van der Waals surface area contributed by atoms with Gasteiger partial charge in [-0.3, -0.25) is 4.98 Å². The third kappa shape index (κ3) is 1.76. The Kier molecular flexibility index (Phi) is 2.22. The molecule has 0 radical (unpaired) electrons. The van der Waals surface area contributed by atoms with Crippen LogP contribution in [0.15, 0.2) is 12.3 Å². The highest BCUT2D eigenvalue weighted by molar-refractivity contribution is 5.18. The highest BCUT2D eigenvalue weighted by Gasteiger charge is 2.02. The van der Waals surface area contributed by atoms with Crippen LogP contribution in [-0.2, 0) is 0 Å². The van der Waals surface area contributed by atoms with Crippen LogP contribution in [0.1, 0.15) is 31.0 Å². The van der Waals surface area contributed by atoms with Crippen molar-refractivity contribution in [3.8, 4) is 0 Å². The fraction of sp³-hybridized carbons (Fsp3) is 0.444. The Bertz CT molecular complexity index is 256. The largest absolute Gasteiger partial charge is 0.258 e. The second-order valence-electron chi connectivity index (χ2n) is 3.01. The van der Waals surface area contributed by atoms with Gasteiger partial charge in [-0.05, 0) is 24.5 Å². The molecular formula is C9H12FN. The first-order valence-corrected chi connectivity index (χ1v) is 3.73. The van der Waals surface area contributed by atoms with E-state index in [1.165, 1.54) is 6.20 Å². The van der Waals surface area contributed by atoms with Crippen molar-refractivity contribution in [3.63, 3.8) is 0 Å². The number of pyridine rings is 1. The van der Waals surface area contributed by atoms with Gasteiger partial charge in [-0.25, -0.2) is 4.39 Å². The average molecular weight is 153 g/mol. The molecule has 0 saturated carbocycles. The van der Waals surface area contributed by atoms with Gasteiger partial charge in [-0.15, -0.1) is 0 Å². The molecule has 60 valence electrons. The molecule has 0 N–H and O–H groups in total. The van der Waals surface area contributed by atoms with Gasteiger partial charge in [0.15, 0.2) is 0 Å². The van der Waals surface area contributed by atoms with E-state index >= 15 is 0 Å². The monoisotopic (exact) mass is 153 g/mol. The van der Waals surface area contributed by atoms with Crippen LogP contribution in [0.2, 0.25) is 0 Å². The van der Waals surface area contributed by atoms with Gasteiger partial charge < -0.3 is 0 Å². The number of hydrogen-bond acceptors (Lipinski definition) is 1. The molecule has 0 unspecified atom stereocenters. The molecule has 0 aliphatic carbocycles. The topological polar surface area (TPSA) is 12.9 Å². The summed E-state index contributed by atoms with van der Waals surface area (Å²) >= 11 is 0. The molecule has 2 heteroatoms. The molecule has 0 aliphatic heterocycles. The van der Waals surface area contributed by atoms with Crippen LogP contribution in [-0.4, -0.2) is 4.98 Å². The van der Waals surface area contributed by atoms with Crippen molar-refractivity contribution >= 4 is 0 Å². The molecule has 0 amide bonds. The summed E-state index contributed by atoms with van der Waals surface area (Å²) in [7, 11) is 0. The number of halogens is 1. The summed E-state index contributed by atoms with van der Waals surface area (Å²) in [6.45, 7) is 5.84. The maximum atomic E-state index is 12.7. The number of aryl methyl sites for hydroxylation is 1. The highest BCUT2D eigenvalue weighted by Crippen LogP contribution is 2.13. The fourth-order valence-corrected chi connectivity index (χ4v) is 0.877. The maximum Gasteiger partial charge on any atom is 0.144 e. The second kappa shape index (κ2) is 2.99. The Labute approximate surface area is 66.3 Å². The molecule has 0 aliphatic rings. The lowest BCUT2D eigenvalue weighted by Gasteiger charge is -2.04. The Morgan fingerprint density at radius 3 is 2.55 bits per heavy atom. The van der Waals surface area contributed by atoms with E-state index in [2.05, 4.69) is 4.98 Å². The standard InChI is InChI=1S/C9H12FN/c1-6(2)9-4-7(3)8(10)5-11-9/h4-6H,1-3H3. The summed E-state index contributed by atoms with van der Waals surface area (Å²) in [5.74, 6) is 0.142. The zero-order valence-electron chi connectivity index (χ0n) is 7.06. The molecule has 0 atom stereocenters. The number of rotatable bonds is 1. The van der Waals surface area contributed by atoms with Crippen molar-refractivity contribution in [2.45, 2.75) is 26.7 Å². The summed E-state index contributed by atoms with van der Waals surface area (Å²) in [5, 5.41) is 0. The first-order valence-electron chi connectivity index (χ1n) is 3.73. The van der Waals surface area contributed by atoms with Gasteiger partial charge >= 0.3 is 0 Å². The third-order valence-corrected chi connectivity index (χ3v) is 1.66. The average Bonchev–Trinajstić information content (AvgIpc) is 1.94. The summed E-state index contributed by atoms with van der Waals surface area (Å²) in [6.07, 6.45) is 1.28. The first kappa shape index (κ1) is 8.18. The maximum absolute atomic E-state index is 12.7. The number of hydrogen-bond donors (Lipinski definition) is 0. The van der Waals surface area contributed by atoms with Crippen molar-refractivity contribution in [1.29, 1.82) is 0 Å². The van der Waals surface area contributed by atoms with E-state index in [4.69, 9.17) is 0 Å². The third-order valence-electron chi connectivity index (χ3n) is 1.66. The fourth-order valence-electron chi connectivity index (χ4n) is 0.877. The Morgan fingerprint density at radius 2 is 2.09 bits per heavy atom. The van der Waals surface area contributed by atoms with Gasteiger partial charge in [0, 0.05) is 5.69 Å². The van der Waals surface area contributed by atoms with E-state index in [0.717, 1.165) is 5.69 Å². The van der Waals surface area contributed by atoms with Gasteiger partial charge in [-0.1, -0.05) is 13.8 Å². The van der Waals surface area contributed by atoms with Crippen LogP contribution < -0.4 is 0 Å². The van der Waals surface area contributed by atoms with Crippen molar-refractivity contribution in [1.82, 2.24) is 4.98 Å². The van der Waals surface area contributed by atoms with E-state index < -0.39 is 0 Å². The summed E-state index contributed by atoms with van der Waals surface area (Å²) < 4.78 is 12.7. The van der Waals surface area contributed by atoms with E-state index in [1.54, 1.807) is 13.0 Å². The number of aromatic nitrogens is 1. The minimum atomic E-state index is -0.227. The van der Waals surface area contributed by atoms with Crippen LogP contribution in [0.4, 0.5) is 4.39 Å². The van der Waals surface area contributed by atoms with Crippen LogP contribution in [0.5, 0.6) is 0 Å². The molecule has 0 spiro atoms. The second-order valence-corrected chi connectivity index (χ2v) is 3.01. The molecule has 0 fully saturated rings. The molecule has 1 aromatic heterocycles. The quantitative estimate of drug-likeness (QED) is 0.604. The molecule has 0 aromatic carbocycles. The Balaban J connectivity index is 3.05. The molecule has 1 heterocycles. The minimum absolute atomic E-state index is 0.227. The Morgan fingerprint density at radius 1 is 1.45 bits per heavy atom. The summed E-state index contributed by atoms with van der Waals surface area (Å²) in [6, 6.07) is 1.79. The molecule has 1 rings (SSSR count). The van der Waals surface area contributed by atoms with Crippen LogP contribution in [0.3, 0.4) is 0 Å². The molecule has 11 heavy (non-hydrogen) atoms. The van der Waals surface area contributed by atoms with Crippen LogP contribution >= 0.6 is 0 Å². The van der Waals surface area contributed by atoms with Gasteiger partial charge in [0.25, 0.3) is 0 Å². The van der Waals surface area contributed by atoms with Crippen molar-refractivity contribution in [3.05, 3.63) is 29.3 Å². The van der Waals surface area contributed by atoms with Gasteiger partial charge in [0.2, 0.25) is 0 Å². The van der Waals surface area contributed by atoms with E-state index in [0.29, 0.717) is 11.5 Å². The molecule has 0 bridgehead atoms. The lowest BCUT2D eigenvalue weighted by Crippen LogP contribution is -1.94. The normalized spacial score (nSPS) is 10.6. The minimum Gasteiger partial charge on any atom is -0.258 e. The molecular weight excluding hydrogens is 141 g/mol. The van der Waals surface area contributed by atoms with Crippen LogP contribution in [0.25, 0.3) is 0 Å². The predicted octanol–water partition coefficient (Wildman–Crippen LogP) is 2.65. The summed E-state index contributed by atoms with van der Waals surface area (Å²) in [5.41, 5.74) is 1.62. The van der Waals surface area contributed by atoms with Gasteiger partial charge in [0.1, 0.15) is 5.82 Å². The molecule has 1 aromatic rings. The first-order chi connectivity index (χ1) is 5.11. The predicted molar refractivity (Wildman–Crippen MR) is 43.0 cm³/mol. The van der Waals surface area contributed by atoms with Crippen LogP contribution in [0, 0.1) is 12.7 Å². The van der Waals surface area contributed by atoms with E-state index in [1.807, 2.05) is 13.8 Å².